The van der Waals surface area contributed by atoms with Crippen molar-refractivity contribution in [2.45, 2.75) is 25.4 Å². The zero-order chi connectivity index (χ0) is 19.1. The topological polar surface area (TPSA) is 84.1 Å². The van der Waals surface area contributed by atoms with Crippen molar-refractivity contribution in [3.63, 3.8) is 0 Å². The number of nitrogens with one attached hydrogen (secondary N) is 1. The fraction of sp³-hybridized carbons (Fsp3) is 0.278. The van der Waals surface area contributed by atoms with E-state index in [1.54, 1.807) is 15.9 Å². The molecule has 0 radical (unpaired) electrons. The van der Waals surface area contributed by atoms with Crippen molar-refractivity contribution in [1.29, 1.82) is 0 Å². The van der Waals surface area contributed by atoms with E-state index in [9.17, 15) is 4.79 Å². The van der Waals surface area contributed by atoms with Crippen LogP contribution in [0.2, 0.25) is 0 Å². The van der Waals surface area contributed by atoms with Gasteiger partial charge < -0.3 is 4.90 Å². The van der Waals surface area contributed by atoms with Crippen molar-refractivity contribution in [3.8, 4) is 10.7 Å². The fourth-order valence-electron chi connectivity index (χ4n) is 3.71. The van der Waals surface area contributed by atoms with Crippen LogP contribution in [0.4, 0.5) is 0 Å². The Balaban J connectivity index is 1.44. The second-order valence-corrected chi connectivity index (χ2v) is 7.98. The first kappa shape index (κ1) is 17.3. The van der Waals surface area contributed by atoms with E-state index in [1.165, 1.54) is 0 Å². The predicted molar refractivity (Wildman–Crippen MR) is 107 cm³/mol. The van der Waals surface area contributed by atoms with E-state index in [4.69, 9.17) is 12.2 Å². The van der Waals surface area contributed by atoms with Gasteiger partial charge in [0.15, 0.2) is 22.1 Å². The van der Waals surface area contributed by atoms with Crippen LogP contribution >= 0.6 is 23.6 Å². The fourth-order valence-corrected chi connectivity index (χ4v) is 4.62. The van der Waals surface area contributed by atoms with E-state index in [-0.39, 0.29) is 18.5 Å². The molecule has 0 bridgehead atoms. The van der Waals surface area contributed by atoms with Gasteiger partial charge in [0.25, 0.3) is 0 Å². The highest BCUT2D eigenvalue weighted by Gasteiger charge is 2.33. The number of fused-ring (bicyclic) bond motifs is 1. The van der Waals surface area contributed by atoms with E-state index in [2.05, 4.69) is 20.4 Å². The van der Waals surface area contributed by atoms with E-state index in [0.717, 1.165) is 29.2 Å². The van der Waals surface area contributed by atoms with Gasteiger partial charge in [0.1, 0.15) is 6.54 Å². The van der Waals surface area contributed by atoms with Crippen LogP contribution in [0, 0.1) is 4.77 Å². The number of carbonyl (C=O) groups is 1. The minimum atomic E-state index is -0.0869. The number of likely N-dealkylation sites (tertiary alicyclic amines) is 1. The number of hydrogen-bond donors (Lipinski definition) is 1. The molecule has 4 aromatic rings. The lowest BCUT2D eigenvalue weighted by molar-refractivity contribution is -0.132. The molecule has 1 aliphatic rings. The van der Waals surface area contributed by atoms with Gasteiger partial charge in [-0.05, 0) is 48.6 Å². The third kappa shape index (κ3) is 2.85. The summed E-state index contributed by atoms with van der Waals surface area (Å²) in [6.45, 7) is 0.848. The third-order valence-corrected chi connectivity index (χ3v) is 6.18. The van der Waals surface area contributed by atoms with Crippen LogP contribution in [0.3, 0.4) is 0 Å². The number of aromatic nitrogens is 6. The van der Waals surface area contributed by atoms with Gasteiger partial charge in [-0.3, -0.25) is 18.9 Å². The van der Waals surface area contributed by atoms with Gasteiger partial charge in [-0.25, -0.2) is 0 Å². The summed E-state index contributed by atoms with van der Waals surface area (Å²) in [4.78, 5) is 16.1. The number of H-pyrrole nitrogens is 1. The quantitative estimate of drug-likeness (QED) is 0.522. The first-order valence-corrected chi connectivity index (χ1v) is 10.3. The summed E-state index contributed by atoms with van der Waals surface area (Å²) >= 11 is 6.93. The number of nitrogens with zero attached hydrogens (tertiary/aromatic N) is 6. The van der Waals surface area contributed by atoms with Crippen LogP contribution in [-0.2, 0) is 11.3 Å². The Hall–Kier alpha value is -2.85. The minimum absolute atomic E-state index is 0.00508. The lowest BCUT2D eigenvalue weighted by Gasteiger charge is -2.24. The van der Waals surface area contributed by atoms with Crippen LogP contribution < -0.4 is 0 Å². The van der Waals surface area contributed by atoms with Crippen molar-refractivity contribution in [1.82, 2.24) is 34.3 Å². The molecule has 1 amide bonds. The molecule has 1 fully saturated rings. The maximum Gasteiger partial charge on any atom is 0.243 e. The van der Waals surface area contributed by atoms with Crippen molar-refractivity contribution >= 4 is 35.1 Å². The summed E-state index contributed by atoms with van der Waals surface area (Å²) < 4.78 is 4.16. The molecule has 142 valence electrons. The largest absolute Gasteiger partial charge is 0.331 e. The van der Waals surface area contributed by atoms with Crippen LogP contribution in [0.15, 0.2) is 41.9 Å². The monoisotopic (exact) mass is 411 g/mol. The first-order valence-electron chi connectivity index (χ1n) is 9.00. The molecule has 1 unspecified atom stereocenters. The van der Waals surface area contributed by atoms with Crippen molar-refractivity contribution in [2.24, 2.45) is 0 Å². The molecule has 28 heavy (non-hydrogen) atoms. The average molecular weight is 412 g/mol. The summed E-state index contributed by atoms with van der Waals surface area (Å²) in [6, 6.07) is 9.62. The molecule has 0 spiro atoms. The Morgan fingerprint density at radius 3 is 3.07 bits per heavy atom. The molecule has 5 heterocycles. The minimum Gasteiger partial charge on any atom is -0.331 e. The van der Waals surface area contributed by atoms with E-state index < -0.39 is 0 Å². The van der Waals surface area contributed by atoms with Crippen molar-refractivity contribution in [3.05, 3.63) is 52.5 Å². The molecule has 8 nitrogen and oxygen atoms in total. The van der Waals surface area contributed by atoms with Gasteiger partial charge in [0, 0.05) is 12.7 Å². The Morgan fingerprint density at radius 1 is 1.29 bits per heavy atom. The standard InChI is InChI=1S/C18H17N7OS2/c26-15(11-25-17(21-22-18(25)27)13-6-4-10-28-13)23-9-3-5-12(23)16-20-19-14-7-1-2-8-24(14)16/h1-2,4,6-8,10,12H,3,5,9,11H2,(H,22,27). The molecular weight excluding hydrogens is 394 g/mol. The number of aromatic amines is 1. The molecule has 1 N–H and O–H groups in total. The summed E-state index contributed by atoms with van der Waals surface area (Å²) in [5, 5.41) is 17.7. The van der Waals surface area contributed by atoms with Gasteiger partial charge in [-0.1, -0.05) is 12.1 Å². The molecular formula is C18H17N7OS2. The number of pyridine rings is 1. The Labute approximate surface area is 169 Å². The lowest BCUT2D eigenvalue weighted by Crippen LogP contribution is -2.34. The third-order valence-electron chi connectivity index (χ3n) is 5.00. The van der Waals surface area contributed by atoms with E-state index in [1.807, 2.05) is 51.2 Å². The molecule has 0 aromatic carbocycles. The second kappa shape index (κ2) is 6.95. The van der Waals surface area contributed by atoms with Crippen LogP contribution in [0.1, 0.15) is 24.7 Å². The van der Waals surface area contributed by atoms with Gasteiger partial charge in [0.2, 0.25) is 5.91 Å². The zero-order valence-corrected chi connectivity index (χ0v) is 16.5. The van der Waals surface area contributed by atoms with Gasteiger partial charge in [-0.2, -0.15) is 5.10 Å². The Kier molecular flexibility index (Phi) is 4.29. The van der Waals surface area contributed by atoms with Crippen molar-refractivity contribution in [2.75, 3.05) is 6.54 Å². The van der Waals surface area contributed by atoms with E-state index >= 15 is 0 Å². The number of hydrogen-bond acceptors (Lipinski definition) is 6. The van der Waals surface area contributed by atoms with E-state index in [0.29, 0.717) is 17.1 Å². The molecule has 10 heteroatoms. The number of rotatable bonds is 4. The normalized spacial score (nSPS) is 16.9. The Morgan fingerprint density at radius 2 is 2.21 bits per heavy atom. The smallest absolute Gasteiger partial charge is 0.243 e. The van der Waals surface area contributed by atoms with Crippen LogP contribution in [0.25, 0.3) is 16.3 Å². The molecule has 0 saturated carbocycles. The van der Waals surface area contributed by atoms with Gasteiger partial charge >= 0.3 is 0 Å². The molecule has 1 saturated heterocycles. The summed E-state index contributed by atoms with van der Waals surface area (Å²) in [5.41, 5.74) is 0.786. The summed E-state index contributed by atoms with van der Waals surface area (Å²) in [6.07, 6.45) is 3.75. The highest BCUT2D eigenvalue weighted by molar-refractivity contribution is 7.71. The Bertz CT molecular complexity index is 1190. The van der Waals surface area contributed by atoms with Gasteiger partial charge in [-0.15, -0.1) is 21.5 Å². The zero-order valence-electron chi connectivity index (χ0n) is 14.9. The van der Waals surface area contributed by atoms with Crippen molar-refractivity contribution < 1.29 is 4.79 Å². The molecule has 5 rings (SSSR count). The first-order chi connectivity index (χ1) is 13.7. The molecule has 4 aromatic heterocycles. The van der Waals surface area contributed by atoms with Crippen LogP contribution in [-0.4, -0.2) is 46.7 Å². The molecule has 0 aliphatic carbocycles. The number of carbonyl (C=O) groups excluding carboxylic acids is 1. The molecule has 1 aliphatic heterocycles. The van der Waals surface area contributed by atoms with Gasteiger partial charge in [0.05, 0.1) is 10.9 Å². The highest BCUT2D eigenvalue weighted by Crippen LogP contribution is 2.31. The highest BCUT2D eigenvalue weighted by atomic mass is 32.1. The lowest BCUT2D eigenvalue weighted by atomic mass is 10.2. The second-order valence-electron chi connectivity index (χ2n) is 6.65. The summed E-state index contributed by atoms with van der Waals surface area (Å²) in [5.74, 6) is 1.50. The number of amides is 1. The average Bonchev–Trinajstić information content (AvgIpc) is 3.48. The maximum absolute atomic E-state index is 13.2. The molecule has 1 atom stereocenters. The summed E-state index contributed by atoms with van der Waals surface area (Å²) in [7, 11) is 0. The van der Waals surface area contributed by atoms with Crippen LogP contribution in [0.5, 0.6) is 0 Å². The maximum atomic E-state index is 13.2. The predicted octanol–water partition coefficient (Wildman–Crippen LogP) is 3.08. The SMILES string of the molecule is O=C(Cn1c(-c2cccs2)n[nH]c1=S)N1CCCC1c1nnc2ccccn12. The number of thiophene rings is 1.